The van der Waals surface area contributed by atoms with Gasteiger partial charge in [0.1, 0.15) is 0 Å². The van der Waals surface area contributed by atoms with Crippen LogP contribution in [-0.4, -0.2) is 12.5 Å². The number of amides is 1. The standard InChI is InChI=1S/C18H21ClN2O/c1-14-2-4-16(5-3-14)13-21-18(22)10-11-20-12-15-6-8-17(19)9-7-15/h2-9,20H,10-13H2,1H3,(H,21,22). The van der Waals surface area contributed by atoms with Gasteiger partial charge in [-0.1, -0.05) is 53.6 Å². The smallest absolute Gasteiger partial charge is 0.221 e. The first kappa shape index (κ1) is 16.5. The SMILES string of the molecule is Cc1ccc(CNC(=O)CCNCc2ccc(Cl)cc2)cc1. The number of hydrogen-bond donors (Lipinski definition) is 2. The van der Waals surface area contributed by atoms with E-state index in [9.17, 15) is 4.79 Å². The maximum atomic E-state index is 11.8. The van der Waals surface area contributed by atoms with Gasteiger partial charge in [0.25, 0.3) is 0 Å². The van der Waals surface area contributed by atoms with Crippen molar-refractivity contribution in [1.29, 1.82) is 0 Å². The summed E-state index contributed by atoms with van der Waals surface area (Å²) in [6, 6.07) is 15.9. The minimum absolute atomic E-state index is 0.0594. The fourth-order valence-corrected chi connectivity index (χ4v) is 2.16. The molecule has 0 fully saturated rings. The molecule has 0 spiro atoms. The number of hydrogen-bond acceptors (Lipinski definition) is 2. The molecule has 0 aliphatic rings. The molecule has 4 heteroatoms. The summed E-state index contributed by atoms with van der Waals surface area (Å²) >= 11 is 5.84. The largest absolute Gasteiger partial charge is 0.352 e. The molecule has 0 atom stereocenters. The van der Waals surface area contributed by atoms with Gasteiger partial charge in [0.05, 0.1) is 0 Å². The van der Waals surface area contributed by atoms with E-state index in [1.165, 1.54) is 5.56 Å². The summed E-state index contributed by atoms with van der Waals surface area (Å²) < 4.78 is 0. The molecule has 3 nitrogen and oxygen atoms in total. The van der Waals surface area contributed by atoms with E-state index in [1.807, 2.05) is 36.4 Å². The van der Waals surface area contributed by atoms with Gasteiger partial charge in [-0.25, -0.2) is 0 Å². The topological polar surface area (TPSA) is 41.1 Å². The third kappa shape index (κ3) is 5.88. The lowest BCUT2D eigenvalue weighted by atomic mass is 10.1. The third-order valence-electron chi connectivity index (χ3n) is 3.38. The fraction of sp³-hybridized carbons (Fsp3) is 0.278. The molecule has 0 saturated carbocycles. The maximum absolute atomic E-state index is 11.8. The van der Waals surface area contributed by atoms with Crippen molar-refractivity contribution in [3.05, 3.63) is 70.2 Å². The van der Waals surface area contributed by atoms with Gasteiger partial charge in [-0.3, -0.25) is 4.79 Å². The number of benzene rings is 2. The van der Waals surface area contributed by atoms with Crippen LogP contribution in [0.4, 0.5) is 0 Å². The van der Waals surface area contributed by atoms with Crippen molar-refractivity contribution in [1.82, 2.24) is 10.6 Å². The number of halogens is 1. The van der Waals surface area contributed by atoms with E-state index in [0.717, 1.165) is 22.7 Å². The summed E-state index contributed by atoms with van der Waals surface area (Å²) in [6.45, 7) is 4.02. The Labute approximate surface area is 136 Å². The zero-order valence-corrected chi connectivity index (χ0v) is 13.5. The molecule has 2 aromatic carbocycles. The van der Waals surface area contributed by atoms with Crippen molar-refractivity contribution in [2.75, 3.05) is 6.54 Å². The van der Waals surface area contributed by atoms with Crippen LogP contribution >= 0.6 is 11.6 Å². The quantitative estimate of drug-likeness (QED) is 0.768. The lowest BCUT2D eigenvalue weighted by Crippen LogP contribution is -2.27. The average Bonchev–Trinajstić information content (AvgIpc) is 2.53. The number of aryl methyl sites for hydroxylation is 1. The van der Waals surface area contributed by atoms with Crippen molar-refractivity contribution in [3.63, 3.8) is 0 Å². The van der Waals surface area contributed by atoms with Gasteiger partial charge >= 0.3 is 0 Å². The summed E-state index contributed by atoms with van der Waals surface area (Å²) in [4.78, 5) is 11.8. The minimum Gasteiger partial charge on any atom is -0.352 e. The van der Waals surface area contributed by atoms with E-state index < -0.39 is 0 Å². The van der Waals surface area contributed by atoms with Crippen LogP contribution < -0.4 is 10.6 Å². The zero-order chi connectivity index (χ0) is 15.8. The van der Waals surface area contributed by atoms with Crippen LogP contribution in [0.25, 0.3) is 0 Å². The molecule has 2 aromatic rings. The number of rotatable bonds is 7. The Kier molecular flexibility index (Phi) is 6.44. The monoisotopic (exact) mass is 316 g/mol. The van der Waals surface area contributed by atoms with Crippen LogP contribution in [0.5, 0.6) is 0 Å². The van der Waals surface area contributed by atoms with Gasteiger partial charge in [-0.2, -0.15) is 0 Å². The number of carbonyl (C=O) groups is 1. The molecule has 0 unspecified atom stereocenters. The Morgan fingerprint density at radius 3 is 2.23 bits per heavy atom. The number of nitrogens with one attached hydrogen (secondary N) is 2. The molecule has 0 bridgehead atoms. The molecule has 0 saturated heterocycles. The van der Waals surface area contributed by atoms with Gasteiger partial charge in [0.15, 0.2) is 0 Å². The van der Waals surface area contributed by atoms with Crippen molar-refractivity contribution in [3.8, 4) is 0 Å². The number of carbonyl (C=O) groups excluding carboxylic acids is 1. The molecular weight excluding hydrogens is 296 g/mol. The lowest BCUT2D eigenvalue weighted by molar-refractivity contribution is -0.121. The van der Waals surface area contributed by atoms with Crippen molar-refractivity contribution < 1.29 is 4.79 Å². The molecule has 0 aliphatic carbocycles. The molecule has 116 valence electrons. The van der Waals surface area contributed by atoms with Crippen LogP contribution in [0.15, 0.2) is 48.5 Å². The Balaban J connectivity index is 1.61. The molecule has 0 aromatic heterocycles. The average molecular weight is 317 g/mol. The Hall–Kier alpha value is -1.84. The predicted molar refractivity (Wildman–Crippen MR) is 90.8 cm³/mol. The van der Waals surface area contributed by atoms with E-state index in [0.29, 0.717) is 19.5 Å². The molecule has 0 heterocycles. The molecule has 2 rings (SSSR count). The third-order valence-corrected chi connectivity index (χ3v) is 3.63. The van der Waals surface area contributed by atoms with Gasteiger partial charge < -0.3 is 10.6 Å². The molecule has 22 heavy (non-hydrogen) atoms. The van der Waals surface area contributed by atoms with Crippen molar-refractivity contribution >= 4 is 17.5 Å². The maximum Gasteiger partial charge on any atom is 0.221 e. The summed E-state index contributed by atoms with van der Waals surface area (Å²) in [7, 11) is 0. The fourth-order valence-electron chi connectivity index (χ4n) is 2.03. The first-order valence-corrected chi connectivity index (χ1v) is 7.79. The summed E-state index contributed by atoms with van der Waals surface area (Å²) in [5.41, 5.74) is 3.50. The lowest BCUT2D eigenvalue weighted by Gasteiger charge is -2.07. The molecule has 1 amide bonds. The van der Waals surface area contributed by atoms with Crippen LogP contribution in [0.1, 0.15) is 23.1 Å². The van der Waals surface area contributed by atoms with E-state index in [4.69, 9.17) is 11.6 Å². The Morgan fingerprint density at radius 1 is 0.955 bits per heavy atom. The van der Waals surface area contributed by atoms with Crippen molar-refractivity contribution in [2.45, 2.75) is 26.4 Å². The van der Waals surface area contributed by atoms with E-state index in [-0.39, 0.29) is 5.91 Å². The second-order valence-corrected chi connectivity index (χ2v) is 5.75. The highest BCUT2D eigenvalue weighted by molar-refractivity contribution is 6.30. The van der Waals surface area contributed by atoms with E-state index in [1.54, 1.807) is 0 Å². The molecule has 0 radical (unpaired) electrons. The van der Waals surface area contributed by atoms with Crippen LogP contribution in [0.3, 0.4) is 0 Å². The normalized spacial score (nSPS) is 10.5. The first-order chi connectivity index (χ1) is 10.6. The second kappa shape index (κ2) is 8.57. The Bertz CT molecular complexity index is 593. The zero-order valence-electron chi connectivity index (χ0n) is 12.7. The minimum atomic E-state index is 0.0594. The molecule has 2 N–H and O–H groups in total. The highest BCUT2D eigenvalue weighted by Gasteiger charge is 2.01. The van der Waals surface area contributed by atoms with E-state index in [2.05, 4.69) is 29.7 Å². The van der Waals surface area contributed by atoms with Gasteiger partial charge in [0.2, 0.25) is 5.91 Å². The van der Waals surface area contributed by atoms with Crippen molar-refractivity contribution in [2.24, 2.45) is 0 Å². The van der Waals surface area contributed by atoms with Crippen LogP contribution in [-0.2, 0) is 17.9 Å². The highest BCUT2D eigenvalue weighted by atomic mass is 35.5. The highest BCUT2D eigenvalue weighted by Crippen LogP contribution is 2.09. The van der Waals surface area contributed by atoms with Gasteiger partial charge in [-0.05, 0) is 30.2 Å². The summed E-state index contributed by atoms with van der Waals surface area (Å²) in [5, 5.41) is 6.92. The molecular formula is C18H21ClN2O. The molecule has 0 aliphatic heterocycles. The Morgan fingerprint density at radius 2 is 1.55 bits per heavy atom. The first-order valence-electron chi connectivity index (χ1n) is 7.41. The predicted octanol–water partition coefficient (Wildman–Crippen LogP) is 3.44. The van der Waals surface area contributed by atoms with Gasteiger partial charge in [0, 0.05) is 31.1 Å². The second-order valence-electron chi connectivity index (χ2n) is 5.32. The van der Waals surface area contributed by atoms with Gasteiger partial charge in [-0.15, -0.1) is 0 Å². The summed E-state index contributed by atoms with van der Waals surface area (Å²) in [5.74, 6) is 0.0594. The summed E-state index contributed by atoms with van der Waals surface area (Å²) in [6.07, 6.45) is 0.472. The van der Waals surface area contributed by atoms with Crippen LogP contribution in [0, 0.1) is 6.92 Å². The van der Waals surface area contributed by atoms with Crippen LogP contribution in [0.2, 0.25) is 5.02 Å². The van der Waals surface area contributed by atoms with E-state index >= 15 is 0 Å².